The quantitative estimate of drug-likeness (QED) is 0.547. The Labute approximate surface area is 201 Å². The summed E-state index contributed by atoms with van der Waals surface area (Å²) in [4.78, 5) is 56.9. The van der Waals surface area contributed by atoms with Gasteiger partial charge in [0, 0.05) is 19.2 Å². The molecule has 0 saturated carbocycles. The van der Waals surface area contributed by atoms with Crippen LogP contribution < -0.4 is 0 Å². The molecule has 0 unspecified atom stereocenters. The van der Waals surface area contributed by atoms with Gasteiger partial charge in [-0.1, -0.05) is 6.07 Å². The van der Waals surface area contributed by atoms with Crippen LogP contribution >= 0.6 is 0 Å². The lowest BCUT2D eigenvalue weighted by Gasteiger charge is -2.29. The standard InChI is InChI=1S/C24H37N3O7/c1-22(2,3)32-19(29)26(16-17-12-10-11-14-25-17)15-13-18(28)27(20(30)33-23(4,5)6)21(31)34-24(7,8)9/h10-12,14H,13,15-16H2,1-9H3. The van der Waals surface area contributed by atoms with Gasteiger partial charge < -0.3 is 19.1 Å². The van der Waals surface area contributed by atoms with Crippen LogP contribution in [0, 0.1) is 0 Å². The first-order chi connectivity index (χ1) is 15.4. The molecular weight excluding hydrogens is 442 g/mol. The number of imide groups is 3. The minimum absolute atomic E-state index is 0.0713. The topological polar surface area (TPSA) is 115 Å². The predicted molar refractivity (Wildman–Crippen MR) is 125 cm³/mol. The number of amides is 4. The summed E-state index contributed by atoms with van der Waals surface area (Å²) in [5.74, 6) is -0.877. The highest BCUT2D eigenvalue weighted by Gasteiger charge is 2.36. The van der Waals surface area contributed by atoms with Gasteiger partial charge in [-0.15, -0.1) is 4.90 Å². The van der Waals surface area contributed by atoms with Crippen LogP contribution in [0.1, 0.15) is 74.4 Å². The lowest BCUT2D eigenvalue weighted by atomic mass is 10.2. The molecule has 0 fully saturated rings. The van der Waals surface area contributed by atoms with E-state index in [9.17, 15) is 19.2 Å². The Bertz CT molecular complexity index is 837. The van der Waals surface area contributed by atoms with Crippen LogP contribution in [0.2, 0.25) is 0 Å². The van der Waals surface area contributed by atoms with E-state index < -0.39 is 41.0 Å². The van der Waals surface area contributed by atoms with Crippen molar-refractivity contribution in [2.45, 2.75) is 92.1 Å². The Kier molecular flexibility index (Phi) is 9.60. The molecule has 34 heavy (non-hydrogen) atoms. The average Bonchev–Trinajstić information content (AvgIpc) is 2.61. The van der Waals surface area contributed by atoms with E-state index in [0.29, 0.717) is 10.6 Å². The average molecular weight is 480 g/mol. The first kappa shape index (κ1) is 28.9. The van der Waals surface area contributed by atoms with Crippen molar-refractivity contribution in [2.24, 2.45) is 0 Å². The molecular formula is C24H37N3O7. The Morgan fingerprint density at radius 2 is 1.24 bits per heavy atom. The van der Waals surface area contributed by atoms with Crippen molar-refractivity contribution >= 4 is 24.2 Å². The summed E-state index contributed by atoms with van der Waals surface area (Å²) >= 11 is 0. The molecule has 4 amide bonds. The molecule has 0 aliphatic heterocycles. The minimum atomic E-state index is -1.15. The second kappa shape index (κ2) is 11.3. The number of nitrogens with zero attached hydrogens (tertiary/aromatic N) is 3. The molecule has 1 aromatic heterocycles. The number of carbonyl (C=O) groups is 4. The van der Waals surface area contributed by atoms with Gasteiger partial charge >= 0.3 is 18.3 Å². The number of hydrogen-bond acceptors (Lipinski definition) is 8. The summed E-state index contributed by atoms with van der Waals surface area (Å²) in [6.45, 7) is 14.8. The highest BCUT2D eigenvalue weighted by molar-refractivity contribution is 6.06. The molecule has 0 atom stereocenters. The Hall–Kier alpha value is -3.17. The Balaban J connectivity index is 3.09. The third-order valence-corrected chi connectivity index (χ3v) is 3.73. The third kappa shape index (κ3) is 11.1. The van der Waals surface area contributed by atoms with Crippen molar-refractivity contribution < 1.29 is 33.4 Å². The van der Waals surface area contributed by atoms with Crippen LogP contribution in [-0.2, 0) is 25.5 Å². The third-order valence-electron chi connectivity index (χ3n) is 3.73. The summed E-state index contributed by atoms with van der Waals surface area (Å²) in [7, 11) is 0. The number of aromatic nitrogens is 1. The zero-order valence-corrected chi connectivity index (χ0v) is 21.6. The van der Waals surface area contributed by atoms with E-state index in [4.69, 9.17) is 14.2 Å². The van der Waals surface area contributed by atoms with Crippen LogP contribution in [0.15, 0.2) is 24.4 Å². The maximum Gasteiger partial charge on any atom is 0.426 e. The first-order valence-corrected chi connectivity index (χ1v) is 11.0. The van der Waals surface area contributed by atoms with Crippen LogP contribution in [0.25, 0.3) is 0 Å². The summed E-state index contributed by atoms with van der Waals surface area (Å²) in [6.07, 6.45) is -1.74. The molecule has 0 aliphatic rings. The maximum absolute atomic E-state index is 13.0. The second-order valence-corrected chi connectivity index (χ2v) is 10.7. The van der Waals surface area contributed by atoms with Gasteiger partial charge in [-0.05, 0) is 74.4 Å². The number of pyridine rings is 1. The maximum atomic E-state index is 13.0. The summed E-state index contributed by atoms with van der Waals surface area (Å²) in [6, 6.07) is 5.24. The van der Waals surface area contributed by atoms with E-state index in [1.54, 1.807) is 86.7 Å². The van der Waals surface area contributed by atoms with Crippen molar-refractivity contribution in [3.05, 3.63) is 30.1 Å². The summed E-state index contributed by atoms with van der Waals surface area (Å²) in [5.41, 5.74) is -2.07. The first-order valence-electron chi connectivity index (χ1n) is 11.0. The Morgan fingerprint density at radius 3 is 1.65 bits per heavy atom. The predicted octanol–water partition coefficient (Wildman–Crippen LogP) is 4.91. The van der Waals surface area contributed by atoms with E-state index in [2.05, 4.69) is 4.98 Å². The summed E-state index contributed by atoms with van der Waals surface area (Å²) in [5, 5.41) is 0. The molecule has 0 aromatic carbocycles. The SMILES string of the molecule is CC(C)(C)OC(=O)N(CCC(=O)N(C(=O)OC(C)(C)C)C(=O)OC(C)(C)C)Cc1ccccn1. The lowest BCUT2D eigenvalue weighted by Crippen LogP contribution is -2.48. The molecule has 0 radical (unpaired) electrons. The zero-order chi connectivity index (χ0) is 26.3. The van der Waals surface area contributed by atoms with Crippen LogP contribution in [0.5, 0.6) is 0 Å². The monoisotopic (exact) mass is 479 g/mol. The van der Waals surface area contributed by atoms with Gasteiger partial charge in [-0.25, -0.2) is 14.4 Å². The zero-order valence-electron chi connectivity index (χ0n) is 21.6. The Morgan fingerprint density at radius 1 is 0.765 bits per heavy atom. The van der Waals surface area contributed by atoms with E-state index in [-0.39, 0.29) is 19.5 Å². The molecule has 1 heterocycles. The van der Waals surface area contributed by atoms with Crippen LogP contribution in [0.4, 0.5) is 14.4 Å². The van der Waals surface area contributed by atoms with Gasteiger partial charge in [0.15, 0.2) is 0 Å². The molecule has 10 heteroatoms. The molecule has 1 aromatic rings. The molecule has 0 saturated heterocycles. The highest BCUT2D eigenvalue weighted by atomic mass is 16.6. The highest BCUT2D eigenvalue weighted by Crippen LogP contribution is 2.17. The fraction of sp³-hybridized carbons (Fsp3) is 0.625. The fourth-order valence-electron chi connectivity index (χ4n) is 2.48. The number of hydrogen-bond donors (Lipinski definition) is 0. The van der Waals surface area contributed by atoms with Gasteiger partial charge in [0.25, 0.3) is 0 Å². The van der Waals surface area contributed by atoms with Gasteiger partial charge in [0.1, 0.15) is 16.8 Å². The van der Waals surface area contributed by atoms with Crippen LogP contribution in [0.3, 0.4) is 0 Å². The minimum Gasteiger partial charge on any atom is -0.444 e. The smallest absolute Gasteiger partial charge is 0.426 e. The van der Waals surface area contributed by atoms with Gasteiger partial charge in [-0.3, -0.25) is 9.78 Å². The van der Waals surface area contributed by atoms with E-state index in [1.165, 1.54) is 4.90 Å². The van der Waals surface area contributed by atoms with E-state index in [0.717, 1.165) is 0 Å². The molecule has 0 aliphatic carbocycles. The molecule has 190 valence electrons. The van der Waals surface area contributed by atoms with Gasteiger partial charge in [0.2, 0.25) is 5.91 Å². The summed E-state index contributed by atoms with van der Waals surface area (Å²) < 4.78 is 15.9. The second-order valence-electron chi connectivity index (χ2n) is 10.7. The van der Waals surface area contributed by atoms with Crippen molar-refractivity contribution in [2.75, 3.05) is 6.54 Å². The van der Waals surface area contributed by atoms with Crippen molar-refractivity contribution in [1.82, 2.24) is 14.8 Å². The fourth-order valence-corrected chi connectivity index (χ4v) is 2.48. The number of rotatable bonds is 5. The van der Waals surface area contributed by atoms with Crippen molar-refractivity contribution in [3.8, 4) is 0 Å². The van der Waals surface area contributed by atoms with Crippen molar-refractivity contribution in [3.63, 3.8) is 0 Å². The number of carbonyl (C=O) groups excluding carboxylic acids is 4. The molecule has 0 N–H and O–H groups in total. The van der Waals surface area contributed by atoms with Gasteiger partial charge in [-0.2, -0.15) is 0 Å². The molecule has 0 spiro atoms. The van der Waals surface area contributed by atoms with E-state index in [1.807, 2.05) is 0 Å². The van der Waals surface area contributed by atoms with E-state index >= 15 is 0 Å². The van der Waals surface area contributed by atoms with Crippen molar-refractivity contribution in [1.29, 1.82) is 0 Å². The number of ether oxygens (including phenoxy) is 3. The lowest BCUT2D eigenvalue weighted by molar-refractivity contribution is -0.129. The van der Waals surface area contributed by atoms with Gasteiger partial charge in [0.05, 0.1) is 12.2 Å². The van der Waals surface area contributed by atoms with Crippen LogP contribution in [-0.4, -0.2) is 62.3 Å². The molecule has 10 nitrogen and oxygen atoms in total. The largest absolute Gasteiger partial charge is 0.444 e. The normalized spacial score (nSPS) is 11.9. The molecule has 1 rings (SSSR count). The molecule has 0 bridgehead atoms.